The van der Waals surface area contributed by atoms with E-state index in [9.17, 15) is 9.18 Å². The molecule has 0 N–H and O–H groups in total. The first-order valence-electron chi connectivity index (χ1n) is 12.2. The number of carbonyl (C=O) groups is 1. The molecule has 2 aliphatic rings. The summed E-state index contributed by atoms with van der Waals surface area (Å²) in [5.74, 6) is 0.961. The minimum atomic E-state index is -0.195. The predicted molar refractivity (Wildman–Crippen MR) is 127 cm³/mol. The number of piperidine rings is 1. The van der Waals surface area contributed by atoms with Crippen LogP contribution in [0.3, 0.4) is 0 Å². The summed E-state index contributed by atoms with van der Waals surface area (Å²) in [5.41, 5.74) is 3.60. The number of hydrogen-bond acceptors (Lipinski definition) is 4. The molecule has 2 fully saturated rings. The van der Waals surface area contributed by atoms with Crippen LogP contribution in [0.2, 0.25) is 0 Å². The second kappa shape index (κ2) is 9.21. The second-order valence-electron chi connectivity index (χ2n) is 9.40. The Kier molecular flexibility index (Phi) is 6.15. The van der Waals surface area contributed by atoms with E-state index in [1.165, 1.54) is 5.56 Å². The summed E-state index contributed by atoms with van der Waals surface area (Å²) in [6, 6.07) is 5.07. The van der Waals surface area contributed by atoms with E-state index in [1.807, 2.05) is 17.9 Å². The number of aryl methyl sites for hydroxylation is 2. The molecule has 4 heterocycles. The van der Waals surface area contributed by atoms with Gasteiger partial charge in [-0.05, 0) is 69.8 Å². The van der Waals surface area contributed by atoms with Gasteiger partial charge in [0, 0.05) is 56.4 Å². The van der Waals surface area contributed by atoms with Crippen molar-refractivity contribution in [3.8, 4) is 0 Å². The van der Waals surface area contributed by atoms with E-state index in [2.05, 4.69) is 27.6 Å². The van der Waals surface area contributed by atoms with E-state index >= 15 is 0 Å². The van der Waals surface area contributed by atoms with E-state index in [0.717, 1.165) is 87.4 Å². The Labute approximate surface area is 194 Å². The lowest BCUT2D eigenvalue weighted by atomic mass is 9.96. The minimum absolute atomic E-state index is 0.0607. The van der Waals surface area contributed by atoms with Crippen molar-refractivity contribution >= 4 is 16.8 Å². The molecule has 0 unspecified atom stereocenters. The molecular formula is C26H32FN5O. The quantitative estimate of drug-likeness (QED) is 0.575. The van der Waals surface area contributed by atoms with Crippen LogP contribution in [0.5, 0.6) is 0 Å². The molecule has 2 aromatic heterocycles. The highest BCUT2D eigenvalue weighted by Crippen LogP contribution is 2.29. The molecule has 0 aliphatic carbocycles. The molecule has 2 saturated heterocycles. The number of nitrogens with zero attached hydrogens (tertiary/aromatic N) is 5. The molecule has 0 saturated carbocycles. The van der Waals surface area contributed by atoms with Gasteiger partial charge in [-0.15, -0.1) is 0 Å². The number of rotatable bonds is 5. The predicted octanol–water partition coefficient (Wildman–Crippen LogP) is 4.51. The van der Waals surface area contributed by atoms with Gasteiger partial charge in [0.15, 0.2) is 0 Å². The highest BCUT2D eigenvalue weighted by molar-refractivity contribution is 5.95. The maximum atomic E-state index is 13.8. The highest BCUT2D eigenvalue weighted by Gasteiger charge is 2.27. The number of likely N-dealkylation sites (tertiary alicyclic amines) is 2. The molecule has 3 aromatic rings. The topological polar surface area (TPSA) is 54.3 Å². The van der Waals surface area contributed by atoms with Gasteiger partial charge < -0.3 is 9.47 Å². The Balaban J connectivity index is 1.32. The van der Waals surface area contributed by atoms with E-state index in [1.54, 1.807) is 18.3 Å². The molecule has 1 atom stereocenters. The van der Waals surface area contributed by atoms with Crippen LogP contribution in [0.4, 0.5) is 4.39 Å². The van der Waals surface area contributed by atoms with Gasteiger partial charge in [-0.25, -0.2) is 14.4 Å². The van der Waals surface area contributed by atoms with Crippen molar-refractivity contribution in [2.75, 3.05) is 26.2 Å². The first-order valence-corrected chi connectivity index (χ1v) is 12.2. The monoisotopic (exact) mass is 449 g/mol. The fourth-order valence-corrected chi connectivity index (χ4v) is 5.36. The molecule has 1 amide bonds. The Morgan fingerprint density at radius 1 is 1.18 bits per heavy atom. The number of carbonyl (C=O) groups excluding carboxylic acids is 1. The standard InChI is InChI=1S/C26H32FN5O/c1-3-31-17-20(22-9-8-21(27)13-24(22)31)16-30-10-6-7-19(15-30)25-28-14-23(18(2)29-25)26(33)32-11-4-5-12-32/h8-9,13-14,17,19H,3-7,10-12,15-16H2,1-2H3/t19-/m1/s1. The van der Waals surface area contributed by atoms with Crippen molar-refractivity contribution in [1.82, 2.24) is 24.3 Å². The van der Waals surface area contributed by atoms with E-state index in [4.69, 9.17) is 4.98 Å². The van der Waals surface area contributed by atoms with E-state index in [-0.39, 0.29) is 17.6 Å². The summed E-state index contributed by atoms with van der Waals surface area (Å²) in [4.78, 5) is 26.6. The van der Waals surface area contributed by atoms with Crippen LogP contribution in [0.15, 0.2) is 30.6 Å². The lowest BCUT2D eigenvalue weighted by molar-refractivity contribution is 0.0791. The molecule has 7 heteroatoms. The van der Waals surface area contributed by atoms with Gasteiger partial charge in [0.25, 0.3) is 5.91 Å². The number of benzene rings is 1. The Bertz CT molecular complexity index is 1170. The third-order valence-electron chi connectivity index (χ3n) is 7.15. The van der Waals surface area contributed by atoms with Gasteiger partial charge in [0.2, 0.25) is 0 Å². The number of aromatic nitrogens is 3. The van der Waals surface area contributed by atoms with E-state index in [0.29, 0.717) is 5.56 Å². The van der Waals surface area contributed by atoms with Crippen molar-refractivity contribution in [3.63, 3.8) is 0 Å². The SMILES string of the molecule is CCn1cc(CN2CCC[C@@H](c3ncc(C(=O)N4CCCC4)c(C)n3)C2)c2ccc(F)cc21. The maximum Gasteiger partial charge on any atom is 0.257 e. The first-order chi connectivity index (χ1) is 16.0. The van der Waals surface area contributed by atoms with Gasteiger partial charge >= 0.3 is 0 Å². The van der Waals surface area contributed by atoms with E-state index < -0.39 is 0 Å². The van der Waals surface area contributed by atoms with Crippen molar-refractivity contribution in [1.29, 1.82) is 0 Å². The summed E-state index contributed by atoms with van der Waals surface area (Å²) in [6.45, 7) is 9.24. The zero-order valence-corrected chi connectivity index (χ0v) is 19.6. The molecular weight excluding hydrogens is 417 g/mol. The van der Waals surface area contributed by atoms with Gasteiger partial charge in [0.05, 0.1) is 16.8 Å². The number of amides is 1. The summed E-state index contributed by atoms with van der Waals surface area (Å²) in [7, 11) is 0. The molecule has 0 bridgehead atoms. The molecule has 1 aromatic carbocycles. The number of halogens is 1. The van der Waals surface area contributed by atoms with Gasteiger partial charge in [-0.1, -0.05) is 0 Å². The molecule has 6 nitrogen and oxygen atoms in total. The van der Waals surface area contributed by atoms with Gasteiger partial charge in [0.1, 0.15) is 11.6 Å². The average molecular weight is 450 g/mol. The molecule has 5 rings (SSSR count). The van der Waals surface area contributed by atoms with Crippen LogP contribution in [0.1, 0.15) is 66.0 Å². The zero-order chi connectivity index (χ0) is 22.9. The lowest BCUT2D eigenvalue weighted by Gasteiger charge is -2.32. The molecule has 0 spiro atoms. The molecule has 2 aliphatic heterocycles. The summed E-state index contributed by atoms with van der Waals surface area (Å²) in [6.07, 6.45) is 8.19. The van der Waals surface area contributed by atoms with Crippen molar-refractivity contribution in [3.05, 3.63) is 59.1 Å². The van der Waals surface area contributed by atoms with Crippen LogP contribution < -0.4 is 0 Å². The van der Waals surface area contributed by atoms with Crippen molar-refractivity contribution in [2.24, 2.45) is 0 Å². The van der Waals surface area contributed by atoms with Crippen LogP contribution in [0.25, 0.3) is 10.9 Å². The smallest absolute Gasteiger partial charge is 0.257 e. The minimum Gasteiger partial charge on any atom is -0.347 e. The fourth-order valence-electron chi connectivity index (χ4n) is 5.36. The largest absolute Gasteiger partial charge is 0.347 e. The third-order valence-corrected chi connectivity index (χ3v) is 7.15. The lowest BCUT2D eigenvalue weighted by Crippen LogP contribution is -2.35. The molecule has 174 valence electrons. The molecule has 0 radical (unpaired) electrons. The Morgan fingerprint density at radius 2 is 2.00 bits per heavy atom. The van der Waals surface area contributed by atoms with Crippen molar-refractivity contribution < 1.29 is 9.18 Å². The first kappa shape index (κ1) is 22.0. The van der Waals surface area contributed by atoms with Crippen LogP contribution >= 0.6 is 0 Å². The van der Waals surface area contributed by atoms with Crippen LogP contribution in [-0.4, -0.2) is 56.4 Å². The second-order valence-corrected chi connectivity index (χ2v) is 9.40. The summed E-state index contributed by atoms with van der Waals surface area (Å²) in [5, 5.41) is 1.12. The van der Waals surface area contributed by atoms with Gasteiger partial charge in [-0.3, -0.25) is 9.69 Å². The Morgan fingerprint density at radius 3 is 2.76 bits per heavy atom. The summed E-state index contributed by atoms with van der Waals surface area (Å²) >= 11 is 0. The summed E-state index contributed by atoms with van der Waals surface area (Å²) < 4.78 is 15.9. The normalized spacial score (nSPS) is 19.5. The maximum absolute atomic E-state index is 13.8. The Hall–Kier alpha value is -2.80. The molecule has 33 heavy (non-hydrogen) atoms. The third kappa shape index (κ3) is 4.38. The number of hydrogen-bond donors (Lipinski definition) is 0. The van der Waals surface area contributed by atoms with Crippen LogP contribution in [-0.2, 0) is 13.1 Å². The van der Waals surface area contributed by atoms with Crippen LogP contribution in [0, 0.1) is 12.7 Å². The highest BCUT2D eigenvalue weighted by atomic mass is 19.1. The zero-order valence-electron chi connectivity index (χ0n) is 19.6. The van der Waals surface area contributed by atoms with Crippen molar-refractivity contribution in [2.45, 2.75) is 58.5 Å². The number of fused-ring (bicyclic) bond motifs is 1. The average Bonchev–Trinajstić information content (AvgIpc) is 3.47. The fraction of sp³-hybridized carbons (Fsp3) is 0.500. The van der Waals surface area contributed by atoms with Gasteiger partial charge in [-0.2, -0.15) is 0 Å².